The fourth-order valence-corrected chi connectivity index (χ4v) is 2.66. The van der Waals surface area contributed by atoms with E-state index in [1.54, 1.807) is 7.05 Å². The van der Waals surface area contributed by atoms with Crippen molar-refractivity contribution >= 4 is 11.8 Å². The van der Waals surface area contributed by atoms with Gasteiger partial charge in [-0.25, -0.2) is 0 Å². The normalized spacial score (nSPS) is 13.1. The molecule has 2 aromatic carbocycles. The molecule has 0 radical (unpaired) electrons. The third-order valence-electron chi connectivity index (χ3n) is 4.31. The zero-order valence-corrected chi connectivity index (χ0v) is 15.0. The molecule has 0 aliphatic heterocycles. The molecule has 0 bridgehead atoms. The first-order valence-electron chi connectivity index (χ1n) is 8.90. The van der Waals surface area contributed by atoms with Crippen LogP contribution < -0.4 is 10.1 Å². The Morgan fingerprint density at radius 2 is 1.77 bits per heavy atom. The highest BCUT2D eigenvalue weighted by molar-refractivity contribution is 5.85. The summed E-state index contributed by atoms with van der Waals surface area (Å²) in [5.74, 6) is 0.360. The number of rotatable bonds is 8. The van der Waals surface area contributed by atoms with Crippen LogP contribution >= 0.6 is 0 Å². The molecule has 1 aliphatic rings. The molecule has 3 rings (SSSR count). The third-order valence-corrected chi connectivity index (χ3v) is 4.31. The van der Waals surface area contributed by atoms with Crippen molar-refractivity contribution in [2.75, 3.05) is 20.2 Å². The fourth-order valence-electron chi connectivity index (χ4n) is 2.66. The number of nitrogens with one attached hydrogen (secondary N) is 1. The Hall–Kier alpha value is -2.82. The maximum atomic E-state index is 12.2. The van der Waals surface area contributed by atoms with Crippen LogP contribution in [0.4, 0.5) is 0 Å². The summed E-state index contributed by atoms with van der Waals surface area (Å²) in [4.78, 5) is 25.4. The maximum absolute atomic E-state index is 12.2. The van der Waals surface area contributed by atoms with Gasteiger partial charge in [-0.3, -0.25) is 9.59 Å². The van der Waals surface area contributed by atoms with Gasteiger partial charge in [0, 0.05) is 19.5 Å². The highest BCUT2D eigenvalue weighted by Gasteiger charge is 2.24. The Labute approximate surface area is 154 Å². The molecule has 0 saturated heterocycles. The number of nitrogens with zero attached hydrogens (tertiary/aromatic N) is 1. The highest BCUT2D eigenvalue weighted by atomic mass is 16.5. The summed E-state index contributed by atoms with van der Waals surface area (Å²) in [5, 5.41) is 2.88. The molecule has 5 heteroatoms. The van der Waals surface area contributed by atoms with Crippen LogP contribution in [0.25, 0.3) is 0 Å². The molecule has 0 aromatic heterocycles. The van der Waals surface area contributed by atoms with Gasteiger partial charge in [0.05, 0.1) is 6.54 Å². The van der Waals surface area contributed by atoms with E-state index in [9.17, 15) is 9.59 Å². The lowest BCUT2D eigenvalue weighted by Crippen LogP contribution is -2.41. The first kappa shape index (κ1) is 18.0. The van der Waals surface area contributed by atoms with Crippen LogP contribution in [0, 0.1) is 0 Å². The van der Waals surface area contributed by atoms with Gasteiger partial charge in [-0.05, 0) is 30.0 Å². The zero-order valence-electron chi connectivity index (χ0n) is 15.0. The minimum Gasteiger partial charge on any atom is -0.483 e. The smallest absolute Gasteiger partial charge is 0.260 e. The molecule has 0 heterocycles. The van der Waals surface area contributed by atoms with Gasteiger partial charge in [0.15, 0.2) is 6.61 Å². The van der Waals surface area contributed by atoms with Crippen LogP contribution in [0.1, 0.15) is 24.0 Å². The predicted molar refractivity (Wildman–Crippen MR) is 100.0 cm³/mol. The molecule has 26 heavy (non-hydrogen) atoms. The number of hydrogen-bond acceptors (Lipinski definition) is 3. The van der Waals surface area contributed by atoms with Crippen LogP contribution in [0.15, 0.2) is 54.6 Å². The van der Waals surface area contributed by atoms with Crippen LogP contribution in [-0.2, 0) is 16.0 Å². The van der Waals surface area contributed by atoms with E-state index in [1.807, 2.05) is 42.5 Å². The molecule has 0 spiro atoms. The Morgan fingerprint density at radius 1 is 1.08 bits per heavy atom. The Bertz CT molecular complexity index is 757. The summed E-state index contributed by atoms with van der Waals surface area (Å²) >= 11 is 0. The van der Waals surface area contributed by atoms with E-state index in [0.29, 0.717) is 11.8 Å². The van der Waals surface area contributed by atoms with Gasteiger partial charge in [0.2, 0.25) is 5.91 Å². The average Bonchev–Trinajstić information content (AvgIpc) is 3.45. The second-order valence-corrected chi connectivity index (χ2v) is 6.65. The van der Waals surface area contributed by atoms with E-state index in [2.05, 4.69) is 17.4 Å². The number of carbonyl (C=O) groups excluding carboxylic acids is 2. The van der Waals surface area contributed by atoms with E-state index < -0.39 is 0 Å². The van der Waals surface area contributed by atoms with Crippen molar-refractivity contribution in [1.29, 1.82) is 0 Å². The SMILES string of the molecule is CN(CC(=O)NC1CC1)C(=O)COc1ccccc1Cc1ccccc1. The van der Waals surface area contributed by atoms with Crippen molar-refractivity contribution < 1.29 is 14.3 Å². The number of amides is 2. The van der Waals surface area contributed by atoms with Gasteiger partial charge < -0.3 is 15.0 Å². The molecule has 0 atom stereocenters. The molecule has 1 N–H and O–H groups in total. The Morgan fingerprint density at radius 3 is 2.50 bits per heavy atom. The first-order chi connectivity index (χ1) is 12.6. The number of benzene rings is 2. The number of carbonyl (C=O) groups is 2. The highest BCUT2D eigenvalue weighted by Crippen LogP contribution is 2.21. The van der Waals surface area contributed by atoms with Crippen molar-refractivity contribution in [3.8, 4) is 5.75 Å². The zero-order chi connectivity index (χ0) is 18.4. The Kier molecular flexibility index (Phi) is 5.89. The molecular formula is C21H24N2O3. The lowest BCUT2D eigenvalue weighted by molar-refractivity contribution is -0.136. The summed E-state index contributed by atoms with van der Waals surface area (Å²) in [5.41, 5.74) is 2.21. The molecule has 2 amide bonds. The van der Waals surface area contributed by atoms with Crippen molar-refractivity contribution in [3.05, 3.63) is 65.7 Å². The minimum atomic E-state index is -0.217. The first-order valence-corrected chi connectivity index (χ1v) is 8.90. The molecule has 0 unspecified atom stereocenters. The third kappa shape index (κ3) is 5.34. The fraction of sp³-hybridized carbons (Fsp3) is 0.333. The summed E-state index contributed by atoms with van der Waals surface area (Å²) in [6.07, 6.45) is 2.81. The van der Waals surface area contributed by atoms with E-state index >= 15 is 0 Å². The number of likely N-dealkylation sites (N-methyl/N-ethyl adjacent to an activating group) is 1. The van der Waals surface area contributed by atoms with E-state index in [1.165, 1.54) is 10.5 Å². The van der Waals surface area contributed by atoms with Crippen molar-refractivity contribution in [3.63, 3.8) is 0 Å². The molecule has 5 nitrogen and oxygen atoms in total. The van der Waals surface area contributed by atoms with Crippen molar-refractivity contribution in [2.24, 2.45) is 0 Å². The van der Waals surface area contributed by atoms with Gasteiger partial charge in [0.1, 0.15) is 5.75 Å². The minimum absolute atomic E-state index is 0.0599. The van der Waals surface area contributed by atoms with Crippen molar-refractivity contribution in [2.45, 2.75) is 25.3 Å². The molecule has 1 saturated carbocycles. The van der Waals surface area contributed by atoms with E-state index in [-0.39, 0.29) is 25.0 Å². The van der Waals surface area contributed by atoms with Gasteiger partial charge >= 0.3 is 0 Å². The summed E-state index contributed by atoms with van der Waals surface area (Å²) in [7, 11) is 1.62. The lowest BCUT2D eigenvalue weighted by Gasteiger charge is -2.18. The number of para-hydroxylation sites is 1. The standard InChI is InChI=1S/C21H24N2O3/c1-23(14-20(24)22-18-11-12-18)21(25)15-26-19-10-6-5-9-17(19)13-16-7-3-2-4-8-16/h2-10,18H,11-15H2,1H3,(H,22,24). The second-order valence-electron chi connectivity index (χ2n) is 6.65. The molecule has 136 valence electrons. The number of hydrogen-bond donors (Lipinski definition) is 1. The van der Waals surface area contributed by atoms with E-state index in [4.69, 9.17) is 4.74 Å². The maximum Gasteiger partial charge on any atom is 0.260 e. The summed E-state index contributed by atoms with van der Waals surface area (Å²) in [6.45, 7) is -0.0244. The van der Waals surface area contributed by atoms with Crippen LogP contribution in [0.5, 0.6) is 5.75 Å². The van der Waals surface area contributed by atoms with Gasteiger partial charge in [-0.1, -0.05) is 48.5 Å². The molecule has 1 fully saturated rings. The van der Waals surface area contributed by atoms with Gasteiger partial charge in [-0.2, -0.15) is 0 Å². The monoisotopic (exact) mass is 352 g/mol. The summed E-state index contributed by atoms with van der Waals surface area (Å²) < 4.78 is 5.74. The lowest BCUT2D eigenvalue weighted by atomic mass is 10.0. The van der Waals surface area contributed by atoms with Crippen LogP contribution in [-0.4, -0.2) is 43.0 Å². The Balaban J connectivity index is 1.53. The quantitative estimate of drug-likeness (QED) is 0.794. The molecule has 1 aliphatic carbocycles. The predicted octanol–water partition coefficient (Wildman–Crippen LogP) is 2.39. The van der Waals surface area contributed by atoms with Gasteiger partial charge in [-0.15, -0.1) is 0 Å². The van der Waals surface area contributed by atoms with Gasteiger partial charge in [0.25, 0.3) is 5.91 Å². The number of ether oxygens (including phenoxy) is 1. The van der Waals surface area contributed by atoms with Crippen molar-refractivity contribution in [1.82, 2.24) is 10.2 Å². The average molecular weight is 352 g/mol. The largest absolute Gasteiger partial charge is 0.483 e. The molecule has 2 aromatic rings. The molecular weight excluding hydrogens is 328 g/mol. The van der Waals surface area contributed by atoms with Crippen LogP contribution in [0.2, 0.25) is 0 Å². The van der Waals surface area contributed by atoms with E-state index in [0.717, 1.165) is 24.8 Å². The second kappa shape index (κ2) is 8.52. The topological polar surface area (TPSA) is 58.6 Å². The summed E-state index contributed by atoms with van der Waals surface area (Å²) in [6, 6.07) is 18.1. The van der Waals surface area contributed by atoms with Crippen LogP contribution in [0.3, 0.4) is 0 Å².